The number of carbonyl (C=O) groups is 2. The van der Waals surface area contributed by atoms with Gasteiger partial charge < -0.3 is 19.3 Å². The molecule has 0 radical (unpaired) electrons. The Labute approximate surface area is 172 Å². The molecule has 29 heavy (non-hydrogen) atoms. The number of ether oxygens (including phenoxy) is 2. The fourth-order valence-corrected chi connectivity index (χ4v) is 2.72. The van der Waals surface area contributed by atoms with Gasteiger partial charge in [-0.25, -0.2) is 4.79 Å². The Balaban J connectivity index is 1.55. The summed E-state index contributed by atoms with van der Waals surface area (Å²) in [6.45, 7) is 3.46. The number of halogens is 1. The Kier molecular flexibility index (Phi) is 6.51. The third kappa shape index (κ3) is 5.36. The van der Waals surface area contributed by atoms with E-state index < -0.39 is 18.5 Å². The van der Waals surface area contributed by atoms with Gasteiger partial charge in [0.2, 0.25) is 0 Å². The number of esters is 1. The van der Waals surface area contributed by atoms with Gasteiger partial charge >= 0.3 is 5.97 Å². The van der Waals surface area contributed by atoms with Gasteiger partial charge in [0.25, 0.3) is 5.91 Å². The van der Waals surface area contributed by atoms with Crippen molar-refractivity contribution in [1.82, 2.24) is 5.16 Å². The second-order valence-corrected chi connectivity index (χ2v) is 6.63. The first-order valence-corrected chi connectivity index (χ1v) is 9.18. The third-order valence-electron chi connectivity index (χ3n) is 4.12. The van der Waals surface area contributed by atoms with Gasteiger partial charge in [-0.15, -0.1) is 0 Å². The summed E-state index contributed by atoms with van der Waals surface area (Å²) in [5.41, 5.74) is 2.33. The van der Waals surface area contributed by atoms with Gasteiger partial charge in [0, 0.05) is 0 Å². The first kappa shape index (κ1) is 20.4. The number of hydrogen-bond acceptors (Lipinski definition) is 6. The number of amides is 1. The molecule has 0 atom stereocenters. The van der Waals surface area contributed by atoms with Crippen LogP contribution in [0.25, 0.3) is 0 Å². The van der Waals surface area contributed by atoms with Crippen molar-refractivity contribution < 1.29 is 23.6 Å². The zero-order valence-corrected chi connectivity index (χ0v) is 16.7. The number of aryl methyl sites for hydroxylation is 2. The summed E-state index contributed by atoms with van der Waals surface area (Å²) in [6, 6.07) is 13.3. The molecule has 7 nitrogen and oxygen atoms in total. The van der Waals surface area contributed by atoms with Gasteiger partial charge in [-0.1, -0.05) is 35.0 Å². The van der Waals surface area contributed by atoms with E-state index in [-0.39, 0.29) is 12.2 Å². The first-order chi connectivity index (χ1) is 13.9. The summed E-state index contributed by atoms with van der Waals surface area (Å²) in [5.74, 6) is 0.0434. The van der Waals surface area contributed by atoms with E-state index in [2.05, 4.69) is 10.5 Å². The van der Waals surface area contributed by atoms with Crippen LogP contribution in [0.2, 0.25) is 5.02 Å². The van der Waals surface area contributed by atoms with E-state index >= 15 is 0 Å². The second kappa shape index (κ2) is 9.25. The molecule has 0 spiro atoms. The minimum Gasteiger partial charge on any atom is -0.489 e. The number of carbonyl (C=O) groups excluding carboxylic acids is 2. The maximum atomic E-state index is 12.3. The molecule has 150 valence electrons. The zero-order chi connectivity index (χ0) is 20.8. The fourth-order valence-electron chi connectivity index (χ4n) is 2.54. The van der Waals surface area contributed by atoms with E-state index in [1.807, 2.05) is 6.92 Å². The Bertz CT molecular complexity index is 1010. The summed E-state index contributed by atoms with van der Waals surface area (Å²) < 4.78 is 15.9. The van der Waals surface area contributed by atoms with Crippen LogP contribution in [0.5, 0.6) is 5.75 Å². The molecule has 0 saturated carbocycles. The highest BCUT2D eigenvalue weighted by atomic mass is 35.5. The second-order valence-electron chi connectivity index (χ2n) is 6.22. The van der Waals surface area contributed by atoms with Crippen LogP contribution in [0.15, 0.2) is 53.1 Å². The van der Waals surface area contributed by atoms with E-state index in [4.69, 9.17) is 25.6 Å². The molecular formula is C21H19ClN2O5. The van der Waals surface area contributed by atoms with Crippen molar-refractivity contribution in [2.24, 2.45) is 0 Å². The number of hydrogen-bond donors (Lipinski definition) is 1. The van der Waals surface area contributed by atoms with E-state index in [0.29, 0.717) is 22.2 Å². The first-order valence-electron chi connectivity index (χ1n) is 8.80. The maximum absolute atomic E-state index is 12.3. The van der Waals surface area contributed by atoms with Crippen LogP contribution in [0.4, 0.5) is 5.69 Å². The number of benzene rings is 2. The van der Waals surface area contributed by atoms with Crippen molar-refractivity contribution in [1.29, 1.82) is 0 Å². The molecule has 1 amide bonds. The zero-order valence-electron chi connectivity index (χ0n) is 15.9. The summed E-state index contributed by atoms with van der Waals surface area (Å²) in [5, 5.41) is 6.86. The summed E-state index contributed by atoms with van der Waals surface area (Å²) >= 11 is 5.98. The quantitative estimate of drug-likeness (QED) is 0.579. The van der Waals surface area contributed by atoms with E-state index in [1.54, 1.807) is 55.5 Å². The normalized spacial score (nSPS) is 10.4. The largest absolute Gasteiger partial charge is 0.489 e. The maximum Gasteiger partial charge on any atom is 0.338 e. The molecule has 0 aliphatic rings. The van der Waals surface area contributed by atoms with Gasteiger partial charge in [0.15, 0.2) is 6.61 Å². The summed E-state index contributed by atoms with van der Waals surface area (Å²) in [6.07, 6.45) is 0. The number of nitrogens with zero attached hydrogens (tertiary/aromatic N) is 1. The van der Waals surface area contributed by atoms with Crippen molar-refractivity contribution in [3.63, 3.8) is 0 Å². The number of rotatable bonds is 7. The molecule has 3 aromatic rings. The van der Waals surface area contributed by atoms with E-state index in [0.717, 1.165) is 11.3 Å². The Morgan fingerprint density at radius 2 is 1.93 bits per heavy atom. The molecule has 1 aromatic heterocycles. The molecule has 1 heterocycles. The summed E-state index contributed by atoms with van der Waals surface area (Å²) in [4.78, 5) is 24.2. The highest BCUT2D eigenvalue weighted by molar-refractivity contribution is 6.33. The summed E-state index contributed by atoms with van der Waals surface area (Å²) in [7, 11) is 0. The van der Waals surface area contributed by atoms with Gasteiger partial charge in [0.05, 0.1) is 27.5 Å². The molecule has 0 saturated heterocycles. The van der Waals surface area contributed by atoms with Gasteiger partial charge in [-0.3, -0.25) is 4.79 Å². The Hall–Kier alpha value is -3.32. The van der Waals surface area contributed by atoms with Crippen molar-refractivity contribution in [2.45, 2.75) is 20.5 Å². The predicted molar refractivity (Wildman–Crippen MR) is 107 cm³/mol. The monoisotopic (exact) mass is 414 g/mol. The predicted octanol–water partition coefficient (Wildman–Crippen LogP) is 4.32. The minimum absolute atomic E-state index is 0.264. The van der Waals surface area contributed by atoms with Crippen LogP contribution >= 0.6 is 11.6 Å². The molecule has 1 N–H and O–H groups in total. The van der Waals surface area contributed by atoms with E-state index in [1.165, 1.54) is 0 Å². The average molecular weight is 415 g/mol. The van der Waals surface area contributed by atoms with Gasteiger partial charge in [0.1, 0.15) is 18.1 Å². The number of para-hydroxylation sites is 1. The van der Waals surface area contributed by atoms with Crippen LogP contribution < -0.4 is 10.1 Å². The SMILES string of the molecule is Cc1noc(C)c1COc1cccc(C(=O)OCC(=O)Nc2ccccc2Cl)c1. The molecule has 0 fully saturated rings. The van der Waals surface area contributed by atoms with Crippen molar-refractivity contribution in [3.05, 3.63) is 76.1 Å². The van der Waals surface area contributed by atoms with Crippen molar-refractivity contribution in [2.75, 3.05) is 11.9 Å². The molecule has 0 unspecified atom stereocenters. The Morgan fingerprint density at radius 3 is 2.66 bits per heavy atom. The van der Waals surface area contributed by atoms with Crippen LogP contribution in [-0.4, -0.2) is 23.6 Å². The van der Waals surface area contributed by atoms with Crippen molar-refractivity contribution >= 4 is 29.2 Å². The van der Waals surface area contributed by atoms with E-state index in [9.17, 15) is 9.59 Å². The average Bonchev–Trinajstić information content (AvgIpc) is 3.04. The minimum atomic E-state index is -0.637. The smallest absolute Gasteiger partial charge is 0.338 e. The fraction of sp³-hybridized carbons (Fsp3) is 0.190. The highest BCUT2D eigenvalue weighted by Gasteiger charge is 2.13. The molecule has 0 bridgehead atoms. The van der Waals surface area contributed by atoms with Crippen LogP contribution in [-0.2, 0) is 16.1 Å². The molecule has 8 heteroatoms. The van der Waals surface area contributed by atoms with Crippen LogP contribution in [0, 0.1) is 13.8 Å². The third-order valence-corrected chi connectivity index (χ3v) is 4.45. The lowest BCUT2D eigenvalue weighted by atomic mass is 10.2. The molecule has 3 rings (SSSR count). The van der Waals surface area contributed by atoms with Crippen LogP contribution in [0.1, 0.15) is 27.4 Å². The topological polar surface area (TPSA) is 90.7 Å². The van der Waals surface area contributed by atoms with Gasteiger partial charge in [-0.05, 0) is 44.2 Å². The molecule has 2 aromatic carbocycles. The number of nitrogens with one attached hydrogen (secondary N) is 1. The lowest BCUT2D eigenvalue weighted by Gasteiger charge is -2.09. The molecule has 0 aliphatic carbocycles. The molecular weight excluding hydrogens is 396 g/mol. The highest BCUT2D eigenvalue weighted by Crippen LogP contribution is 2.21. The Morgan fingerprint density at radius 1 is 1.14 bits per heavy atom. The van der Waals surface area contributed by atoms with Crippen molar-refractivity contribution in [3.8, 4) is 5.75 Å². The molecule has 0 aliphatic heterocycles. The number of anilines is 1. The van der Waals surface area contributed by atoms with Crippen LogP contribution in [0.3, 0.4) is 0 Å². The lowest BCUT2D eigenvalue weighted by molar-refractivity contribution is -0.119. The lowest BCUT2D eigenvalue weighted by Crippen LogP contribution is -2.21. The van der Waals surface area contributed by atoms with Gasteiger partial charge in [-0.2, -0.15) is 0 Å². The number of aromatic nitrogens is 1. The standard InChI is InChI=1S/C21H19ClN2O5/c1-13-17(14(2)29-24-13)11-27-16-7-5-6-15(10-16)21(26)28-12-20(25)23-19-9-4-3-8-18(19)22/h3-10H,11-12H2,1-2H3,(H,23,25).